The maximum Gasteiger partial charge on any atom is 0.407 e. The van der Waals surface area contributed by atoms with Gasteiger partial charge in [-0.15, -0.1) is 0 Å². The van der Waals surface area contributed by atoms with Gasteiger partial charge < -0.3 is 14.6 Å². The van der Waals surface area contributed by atoms with Crippen molar-refractivity contribution >= 4 is 12.2 Å². The molecule has 0 aliphatic rings. The van der Waals surface area contributed by atoms with Crippen LogP contribution in [0.3, 0.4) is 0 Å². The Morgan fingerprint density at radius 2 is 1.92 bits per heavy atom. The Bertz CT molecular complexity index is 810. The van der Waals surface area contributed by atoms with Gasteiger partial charge in [0.15, 0.2) is 0 Å². The van der Waals surface area contributed by atoms with Crippen molar-refractivity contribution in [2.24, 2.45) is 0 Å². The third-order valence-electron chi connectivity index (χ3n) is 3.58. The number of nitrogens with zero attached hydrogens (tertiary/aromatic N) is 2. The first-order valence-electron chi connectivity index (χ1n) is 8.01. The Kier molecular flexibility index (Phi) is 5.61. The Morgan fingerprint density at radius 3 is 2.64 bits per heavy atom. The quantitative estimate of drug-likeness (QED) is 0.746. The van der Waals surface area contributed by atoms with Gasteiger partial charge in [-0.25, -0.2) is 9.78 Å². The van der Waals surface area contributed by atoms with Gasteiger partial charge in [0.05, 0.1) is 6.33 Å². The molecule has 0 radical (unpaired) electrons. The average Bonchev–Trinajstić information content (AvgIpc) is 3.20. The maximum atomic E-state index is 11.6. The van der Waals surface area contributed by atoms with Gasteiger partial charge in [-0.1, -0.05) is 54.6 Å². The highest BCUT2D eigenvalue weighted by molar-refractivity contribution is 5.67. The second-order valence-electron chi connectivity index (χ2n) is 5.41. The molecule has 126 valence electrons. The monoisotopic (exact) mass is 333 g/mol. The number of benzene rings is 2. The molecule has 0 fully saturated rings. The highest BCUT2D eigenvalue weighted by Gasteiger charge is 2.00. The molecule has 0 atom stereocenters. The minimum atomic E-state index is -0.427. The molecule has 5 nitrogen and oxygen atoms in total. The van der Waals surface area contributed by atoms with E-state index in [9.17, 15) is 4.79 Å². The molecule has 2 aromatic carbocycles. The lowest BCUT2D eigenvalue weighted by atomic mass is 10.2. The van der Waals surface area contributed by atoms with Crippen molar-refractivity contribution in [3.8, 4) is 5.69 Å². The third-order valence-corrected chi connectivity index (χ3v) is 3.58. The smallest absolute Gasteiger partial charge is 0.407 e. The number of nitrogens with one attached hydrogen (secondary N) is 1. The van der Waals surface area contributed by atoms with Crippen LogP contribution in [0.4, 0.5) is 4.79 Å². The number of imidazole rings is 1. The van der Waals surface area contributed by atoms with Crippen LogP contribution in [0.15, 0.2) is 79.4 Å². The van der Waals surface area contributed by atoms with Crippen LogP contribution < -0.4 is 5.32 Å². The molecule has 1 aromatic heterocycles. The van der Waals surface area contributed by atoms with Crippen molar-refractivity contribution in [1.29, 1.82) is 0 Å². The molecule has 1 N–H and O–H groups in total. The Labute approximate surface area is 146 Å². The summed E-state index contributed by atoms with van der Waals surface area (Å²) in [6.07, 6.45) is 8.82. The summed E-state index contributed by atoms with van der Waals surface area (Å²) in [5.41, 5.74) is 3.08. The molecule has 3 rings (SSSR count). The molecule has 0 saturated carbocycles. The number of carbonyl (C=O) groups excluding carboxylic acids is 1. The van der Waals surface area contributed by atoms with Gasteiger partial charge in [-0.3, -0.25) is 0 Å². The second-order valence-corrected chi connectivity index (χ2v) is 5.41. The first-order chi connectivity index (χ1) is 12.3. The largest absolute Gasteiger partial charge is 0.445 e. The summed E-state index contributed by atoms with van der Waals surface area (Å²) in [6.45, 7) is 0.684. The number of hydrogen-bond donors (Lipinski definition) is 1. The van der Waals surface area contributed by atoms with Gasteiger partial charge in [-0.05, 0) is 23.3 Å². The number of rotatable bonds is 6. The van der Waals surface area contributed by atoms with Crippen LogP contribution in [0, 0.1) is 0 Å². The second kappa shape index (κ2) is 8.49. The topological polar surface area (TPSA) is 56.2 Å². The third kappa shape index (κ3) is 5.07. The molecule has 1 heterocycles. The van der Waals surface area contributed by atoms with Gasteiger partial charge >= 0.3 is 6.09 Å². The van der Waals surface area contributed by atoms with Crippen molar-refractivity contribution in [3.63, 3.8) is 0 Å². The van der Waals surface area contributed by atoms with Crippen molar-refractivity contribution in [1.82, 2.24) is 14.9 Å². The fraction of sp³-hybridized carbons (Fsp3) is 0.100. The van der Waals surface area contributed by atoms with Gasteiger partial charge in [-0.2, -0.15) is 0 Å². The molecule has 3 aromatic rings. The summed E-state index contributed by atoms with van der Waals surface area (Å²) < 4.78 is 7.09. The van der Waals surface area contributed by atoms with E-state index in [0.717, 1.165) is 16.8 Å². The van der Waals surface area contributed by atoms with Crippen LogP contribution in [0.2, 0.25) is 0 Å². The Balaban J connectivity index is 1.41. The van der Waals surface area contributed by atoms with Crippen LogP contribution in [0.1, 0.15) is 11.1 Å². The molecular weight excluding hydrogens is 314 g/mol. The lowest BCUT2D eigenvalue weighted by Gasteiger charge is -2.05. The van der Waals surface area contributed by atoms with Gasteiger partial charge in [0.1, 0.15) is 6.61 Å². The van der Waals surface area contributed by atoms with E-state index in [0.29, 0.717) is 6.54 Å². The molecule has 0 bridgehead atoms. The summed E-state index contributed by atoms with van der Waals surface area (Å²) in [7, 11) is 0. The Morgan fingerprint density at radius 1 is 1.12 bits per heavy atom. The van der Waals surface area contributed by atoms with E-state index in [2.05, 4.69) is 10.3 Å². The molecule has 0 aliphatic heterocycles. The van der Waals surface area contributed by atoms with Crippen molar-refractivity contribution in [2.45, 2.75) is 6.61 Å². The number of aromatic nitrogens is 2. The number of amides is 1. The van der Waals surface area contributed by atoms with E-state index in [1.165, 1.54) is 0 Å². The highest BCUT2D eigenvalue weighted by Crippen LogP contribution is 2.10. The summed E-state index contributed by atoms with van der Waals surface area (Å²) in [5, 5.41) is 2.70. The van der Waals surface area contributed by atoms with Crippen LogP contribution in [0.25, 0.3) is 11.8 Å². The number of hydrogen-bond acceptors (Lipinski definition) is 3. The molecule has 0 unspecified atom stereocenters. The first-order valence-corrected chi connectivity index (χ1v) is 8.01. The van der Waals surface area contributed by atoms with Gasteiger partial charge in [0.25, 0.3) is 0 Å². The number of ether oxygens (including phenoxy) is 1. The first kappa shape index (κ1) is 16.5. The molecule has 5 heteroatoms. The van der Waals surface area contributed by atoms with Crippen molar-refractivity contribution < 1.29 is 9.53 Å². The summed E-state index contributed by atoms with van der Waals surface area (Å²) in [4.78, 5) is 15.7. The van der Waals surface area contributed by atoms with E-state index >= 15 is 0 Å². The van der Waals surface area contributed by atoms with Gasteiger partial charge in [0, 0.05) is 24.6 Å². The van der Waals surface area contributed by atoms with Crippen molar-refractivity contribution in [2.75, 3.05) is 6.54 Å². The SMILES string of the molecule is O=C(NCC=Cc1ccc(-n2ccnc2)cc1)OCc1ccccc1. The van der Waals surface area contributed by atoms with Crippen LogP contribution in [0.5, 0.6) is 0 Å². The van der Waals surface area contributed by atoms with E-state index in [1.807, 2.05) is 77.5 Å². The molecular formula is C20H19N3O2. The number of alkyl carbamates (subject to hydrolysis) is 1. The fourth-order valence-electron chi connectivity index (χ4n) is 2.28. The van der Waals surface area contributed by atoms with E-state index < -0.39 is 6.09 Å². The minimum Gasteiger partial charge on any atom is -0.445 e. The fourth-order valence-corrected chi connectivity index (χ4v) is 2.28. The number of carbonyl (C=O) groups is 1. The zero-order chi connectivity index (χ0) is 17.3. The Hall–Kier alpha value is -3.34. The van der Waals surface area contributed by atoms with Crippen LogP contribution in [-0.4, -0.2) is 22.2 Å². The molecule has 1 amide bonds. The summed E-state index contributed by atoms with van der Waals surface area (Å²) in [6, 6.07) is 17.7. The molecule has 0 aliphatic carbocycles. The summed E-state index contributed by atoms with van der Waals surface area (Å²) >= 11 is 0. The predicted octanol–water partition coefficient (Wildman–Crippen LogP) is 3.81. The average molecular weight is 333 g/mol. The van der Waals surface area contributed by atoms with Crippen LogP contribution in [-0.2, 0) is 11.3 Å². The van der Waals surface area contributed by atoms with E-state index in [4.69, 9.17) is 4.74 Å². The van der Waals surface area contributed by atoms with E-state index in [1.54, 1.807) is 12.5 Å². The predicted molar refractivity (Wildman–Crippen MR) is 97.2 cm³/mol. The lowest BCUT2D eigenvalue weighted by Crippen LogP contribution is -2.24. The minimum absolute atomic E-state index is 0.270. The lowest BCUT2D eigenvalue weighted by molar-refractivity contribution is 0.141. The highest BCUT2D eigenvalue weighted by atomic mass is 16.5. The molecule has 25 heavy (non-hydrogen) atoms. The standard InChI is InChI=1S/C20H19N3O2/c24-20(25-15-18-5-2-1-3-6-18)22-12-4-7-17-8-10-19(11-9-17)23-14-13-21-16-23/h1-11,13-14,16H,12,15H2,(H,22,24). The summed E-state index contributed by atoms with van der Waals surface area (Å²) in [5.74, 6) is 0. The zero-order valence-corrected chi connectivity index (χ0v) is 13.7. The molecule has 0 saturated heterocycles. The normalized spacial score (nSPS) is 10.7. The van der Waals surface area contributed by atoms with Crippen molar-refractivity contribution in [3.05, 3.63) is 90.5 Å². The van der Waals surface area contributed by atoms with E-state index in [-0.39, 0.29) is 6.61 Å². The maximum absolute atomic E-state index is 11.6. The van der Waals surface area contributed by atoms with Crippen LogP contribution >= 0.6 is 0 Å². The van der Waals surface area contributed by atoms with Gasteiger partial charge in [0.2, 0.25) is 0 Å². The zero-order valence-electron chi connectivity index (χ0n) is 13.7. The molecule has 0 spiro atoms.